The Kier molecular flexibility index (Phi) is 16.3. The van der Waals surface area contributed by atoms with Crippen molar-refractivity contribution < 1.29 is 90.0 Å². The highest BCUT2D eigenvalue weighted by Gasteiger charge is 2.57. The number of nitrogens with two attached hydrogens (primary N) is 1. The minimum atomic E-state index is -5.59. The molecule has 7 atom stereocenters. The lowest BCUT2D eigenvalue weighted by Crippen LogP contribution is -2.46. The van der Waals surface area contributed by atoms with Gasteiger partial charge in [0.25, 0.3) is 0 Å². The van der Waals surface area contributed by atoms with Gasteiger partial charge in [0, 0.05) is 30.7 Å². The smallest absolute Gasteiger partial charge is 0.385 e. The molecule has 7 unspecified atom stereocenters. The average molecular weight is 870 g/mol. The molecule has 0 aromatic carbocycles. The number of hydrogen-bond acceptors (Lipinski definition) is 20. The number of hydrogen-bond donors (Lipinski definition) is 10. The van der Waals surface area contributed by atoms with Crippen molar-refractivity contribution in [3.63, 3.8) is 0 Å². The number of rotatable bonds is 23. The van der Waals surface area contributed by atoms with E-state index in [0.717, 1.165) is 29.3 Å². The largest absolute Gasteiger partial charge is 0.481 e. The van der Waals surface area contributed by atoms with Gasteiger partial charge in [0.05, 0.1) is 19.5 Å². The number of nitrogens with one attached hydrogen (secondary N) is 2. The van der Waals surface area contributed by atoms with Crippen LogP contribution in [-0.4, -0.2) is 129 Å². The molecule has 1 saturated heterocycles. The molecule has 0 spiro atoms. The van der Waals surface area contributed by atoms with Crippen molar-refractivity contribution in [1.82, 2.24) is 30.2 Å². The molecule has 0 bridgehead atoms. The first-order valence-electron chi connectivity index (χ1n) is 15.6. The number of nitrogen functional groups attached to an aromatic ring is 1. The highest BCUT2D eigenvalue weighted by molar-refractivity contribution is 7.94. The molecule has 11 N–H and O–H groups in total. The Morgan fingerprint density at radius 2 is 1.80 bits per heavy atom. The van der Waals surface area contributed by atoms with E-state index in [9.17, 15) is 53.1 Å². The molecule has 26 nitrogen and oxygen atoms in total. The number of phosphoric acid groups is 3. The van der Waals surface area contributed by atoms with Crippen LogP contribution in [0.25, 0.3) is 11.2 Å². The maximum atomic E-state index is 12.7. The Morgan fingerprint density at radius 1 is 1.13 bits per heavy atom. The lowest BCUT2D eigenvalue weighted by molar-refractivity contribution is -0.207. The van der Waals surface area contributed by atoms with Crippen molar-refractivity contribution in [2.24, 2.45) is 5.41 Å². The first-order chi connectivity index (χ1) is 25.4. The molecule has 30 heteroatoms. The topological polar surface area (TPSA) is 385 Å². The molecule has 0 radical (unpaired) electrons. The summed E-state index contributed by atoms with van der Waals surface area (Å²) in [4.78, 5) is 79.6. The second kappa shape index (κ2) is 19.2. The first-order valence-corrected chi connectivity index (χ1v) is 21.0. The number of ether oxygens (including phenoxy) is 1. The average Bonchev–Trinajstić information content (AvgIpc) is 3.63. The number of carbonyl (C=O) groups excluding carboxylic acids is 2. The van der Waals surface area contributed by atoms with Crippen molar-refractivity contribution in [2.75, 3.05) is 44.4 Å². The quantitative estimate of drug-likeness (QED) is 0.0164. The molecule has 312 valence electrons. The third-order valence-corrected chi connectivity index (χ3v) is 11.3. The van der Waals surface area contributed by atoms with Crippen LogP contribution in [0.4, 0.5) is 5.82 Å². The number of fused-ring (bicyclic) bond motifs is 1. The van der Waals surface area contributed by atoms with Gasteiger partial charge in [-0.2, -0.15) is 4.31 Å². The van der Waals surface area contributed by atoms with Crippen molar-refractivity contribution in [3.05, 3.63) is 25.0 Å². The Morgan fingerprint density at radius 3 is 2.45 bits per heavy atom. The van der Waals surface area contributed by atoms with Crippen LogP contribution in [-0.2, 0) is 60.7 Å². The van der Waals surface area contributed by atoms with Gasteiger partial charge in [0.15, 0.2) is 22.9 Å². The highest BCUT2D eigenvalue weighted by atomic mass is 32.2. The summed E-state index contributed by atoms with van der Waals surface area (Å²) >= 11 is 0.978. The van der Waals surface area contributed by atoms with Crippen molar-refractivity contribution in [3.8, 4) is 0 Å². The predicted octanol–water partition coefficient (Wildman–Crippen LogP) is -0.753. The van der Waals surface area contributed by atoms with E-state index in [1.54, 1.807) is 0 Å². The van der Waals surface area contributed by atoms with Crippen molar-refractivity contribution in [2.45, 2.75) is 57.3 Å². The predicted molar refractivity (Wildman–Crippen MR) is 186 cm³/mol. The fourth-order valence-electron chi connectivity index (χ4n) is 4.68. The summed E-state index contributed by atoms with van der Waals surface area (Å²) in [5.41, 5.74) is 2.28. The lowest BCUT2D eigenvalue weighted by atomic mass is 9.87. The highest BCUT2D eigenvalue weighted by Crippen LogP contribution is 2.61. The molecule has 55 heavy (non-hydrogen) atoms. The number of imidazole rings is 1. The molecule has 1 aliphatic heterocycles. The van der Waals surface area contributed by atoms with Crippen LogP contribution in [0.15, 0.2) is 25.0 Å². The Bertz CT molecular complexity index is 1820. The molecule has 0 aliphatic carbocycles. The van der Waals surface area contributed by atoms with E-state index in [0.29, 0.717) is 5.75 Å². The zero-order valence-electron chi connectivity index (χ0n) is 29.3. The van der Waals surface area contributed by atoms with E-state index in [1.165, 1.54) is 20.8 Å². The third kappa shape index (κ3) is 13.5. The van der Waals surface area contributed by atoms with E-state index in [-0.39, 0.29) is 48.9 Å². The van der Waals surface area contributed by atoms with E-state index in [1.807, 2.05) is 0 Å². The Hall–Kier alpha value is -2.65. The summed E-state index contributed by atoms with van der Waals surface area (Å²) in [5, 5.41) is 34.9. The van der Waals surface area contributed by atoms with Gasteiger partial charge in [-0.3, -0.25) is 27.7 Å². The second-order valence-electron chi connectivity index (χ2n) is 12.3. The van der Waals surface area contributed by atoms with Crippen LogP contribution in [0.5, 0.6) is 0 Å². The van der Waals surface area contributed by atoms with Gasteiger partial charge >= 0.3 is 23.5 Å². The zero-order chi connectivity index (χ0) is 41.4. The molecule has 2 aromatic heterocycles. The minimum Gasteiger partial charge on any atom is -0.385 e. The van der Waals surface area contributed by atoms with Crippen molar-refractivity contribution in [1.29, 1.82) is 0 Å². The molecular weight excluding hydrogens is 827 g/mol. The van der Waals surface area contributed by atoms with Gasteiger partial charge in [-0.15, -0.1) is 0 Å². The number of aromatic nitrogens is 4. The second-order valence-corrected chi connectivity index (χ2v) is 17.5. The lowest BCUT2D eigenvalue weighted by Gasteiger charge is -2.30. The van der Waals surface area contributed by atoms with Crippen molar-refractivity contribution >= 4 is 64.3 Å². The van der Waals surface area contributed by atoms with Gasteiger partial charge in [-0.1, -0.05) is 20.4 Å². The summed E-state index contributed by atoms with van der Waals surface area (Å²) in [6.07, 6.45) is -5.52. The number of aliphatic hydroxyl groups is 2. The number of aliphatic hydroxyl groups excluding tert-OH is 2. The van der Waals surface area contributed by atoms with E-state index in [4.69, 9.17) is 33.5 Å². The number of nitrogens with zero attached hydrogens (tertiary/aromatic N) is 4. The normalized spacial score (nSPS) is 23.1. The van der Waals surface area contributed by atoms with Crippen LogP contribution in [0.3, 0.4) is 0 Å². The maximum absolute atomic E-state index is 12.7. The first kappa shape index (κ1) is 46.7. The monoisotopic (exact) mass is 869 g/mol. The van der Waals surface area contributed by atoms with Gasteiger partial charge in [-0.05, 0) is 19.0 Å². The third-order valence-electron chi connectivity index (χ3n) is 7.50. The summed E-state index contributed by atoms with van der Waals surface area (Å²) in [5.74, 6) is -1.16. The van der Waals surface area contributed by atoms with E-state index in [2.05, 4.69) is 41.4 Å². The molecule has 3 rings (SSSR count). The van der Waals surface area contributed by atoms with Crippen LogP contribution in [0, 0.1) is 5.41 Å². The van der Waals surface area contributed by atoms with Crippen LogP contribution >= 0.6 is 35.5 Å². The maximum Gasteiger partial charge on any atom is 0.481 e. The summed E-state index contributed by atoms with van der Waals surface area (Å²) in [7, 11) is -16.5. The molecular formula is C25H42N7O19P3S. The summed E-state index contributed by atoms with van der Waals surface area (Å²) in [6.45, 7) is 4.94. The molecule has 2 amide bonds. The molecule has 3 heterocycles. The zero-order valence-corrected chi connectivity index (χ0v) is 32.8. The van der Waals surface area contributed by atoms with Gasteiger partial charge in [-0.25, -0.2) is 33.9 Å². The van der Waals surface area contributed by atoms with Gasteiger partial charge in [0.2, 0.25) is 11.8 Å². The number of phosphoric ester groups is 3. The molecule has 2 aromatic rings. The Labute approximate surface area is 316 Å². The fraction of sp³-hybridized carbons (Fsp3) is 0.640. The standard InChI is InChI=1S/C25H42N7O19P3S/c1-14(49-37)9-47-55-8-7-27-16(33)5-6-28-23(36)20(35)24(2,3)11-46-54(43,44)51-53(41,42)45-10-15-18(50-52(38,39)40)19(34)25(4,48-15)32-13-31-17-21(26)29-12-30-22(17)32/h12-13,15,18-20,34-35,37H,1,5-11H2,2-4H3,(H,27,33)(H,28,36)(H,41,42)(H,43,44)(H2,26,29,30)(H2,38,39,40). The van der Waals surface area contributed by atoms with Crippen LogP contribution < -0.4 is 16.4 Å². The Balaban J connectivity index is 1.53. The summed E-state index contributed by atoms with van der Waals surface area (Å²) in [6, 6.07) is 0. The van der Waals surface area contributed by atoms with Gasteiger partial charge in [0.1, 0.15) is 42.9 Å². The van der Waals surface area contributed by atoms with E-state index >= 15 is 0 Å². The minimum absolute atomic E-state index is 0.0114. The molecule has 0 saturated carbocycles. The SMILES string of the molecule is C=C(COSCCNC(=O)CCNC(=O)C(O)C(C)(C)COP(=O)(O)OP(=O)(O)OCC1OC(C)(n2cnc3c(N)ncnc32)C(O)C1OP(=O)(O)O)OO. The number of amides is 2. The van der Waals surface area contributed by atoms with Crippen LogP contribution in [0.1, 0.15) is 27.2 Å². The number of anilines is 1. The number of carbonyl (C=O) groups is 2. The summed E-state index contributed by atoms with van der Waals surface area (Å²) < 4.78 is 67.6. The molecule has 1 fully saturated rings. The van der Waals surface area contributed by atoms with E-state index < -0.39 is 84.1 Å². The fourth-order valence-corrected chi connectivity index (χ4v) is 8.02. The molecule has 1 aliphatic rings. The van der Waals surface area contributed by atoms with Crippen LogP contribution in [0.2, 0.25) is 0 Å². The van der Waals surface area contributed by atoms with Gasteiger partial charge < -0.3 is 60.0 Å².